The van der Waals surface area contributed by atoms with Gasteiger partial charge in [-0.05, 0) is 0 Å². The molecule has 4 heteroatoms. The van der Waals surface area contributed by atoms with E-state index in [1.807, 2.05) is 0 Å². The topological polar surface area (TPSA) is 0 Å². The van der Waals surface area contributed by atoms with Crippen molar-refractivity contribution in [3.8, 4) is 0 Å². The molecule has 0 unspecified atom stereocenters. The molecule has 0 rings (SSSR count). The third-order valence-corrected chi connectivity index (χ3v) is 0. The average Bonchev–Trinajstić information content (AvgIpc) is 0. The van der Waals surface area contributed by atoms with Crippen molar-refractivity contribution < 1.29 is 36.5 Å². The Bertz CT molecular complexity index is 8.00. The minimum Gasteiger partial charge on any atom is -2.00 e. The Morgan fingerprint density at radius 3 is 1.00 bits per heavy atom. The van der Waals surface area contributed by atoms with Gasteiger partial charge in [-0.15, -0.1) is 0 Å². The van der Waals surface area contributed by atoms with Crippen LogP contribution in [0.25, 0.3) is 0 Å². The van der Waals surface area contributed by atoms with Crippen molar-refractivity contribution >= 4 is 30.6 Å². The van der Waals surface area contributed by atoms with E-state index in [2.05, 4.69) is 0 Å². The van der Waals surface area contributed by atoms with Gasteiger partial charge in [0.1, 0.15) is 0 Å². The minimum atomic E-state index is 0. The summed E-state index contributed by atoms with van der Waals surface area (Å²) in [5, 5.41) is 0. The summed E-state index contributed by atoms with van der Waals surface area (Å²) in [6, 6.07) is 0. The first-order valence-corrected chi connectivity index (χ1v) is 0. The van der Waals surface area contributed by atoms with E-state index in [1.54, 1.807) is 0 Å². The number of hydrogen-bond donors (Lipinski definition) is 0. The maximum Gasteiger partial charge on any atom is 2.00 e. The van der Waals surface area contributed by atoms with Gasteiger partial charge in [0, 0.05) is 0 Å². The molecule has 0 nitrogen and oxygen atoms in total. The predicted molar refractivity (Wildman–Crippen MR) is 13.1 cm³/mol. The zero-order chi connectivity index (χ0) is 0. The first kappa shape index (κ1) is 37.3. The van der Waals surface area contributed by atoms with E-state index in [0.29, 0.717) is 0 Å². The van der Waals surface area contributed by atoms with Crippen LogP contribution in [0.15, 0.2) is 0 Å². The third-order valence-electron chi connectivity index (χ3n) is 0. The first-order valence-electron chi connectivity index (χ1n) is 0. The molecule has 0 aromatic carbocycles. The van der Waals surface area contributed by atoms with Crippen LogP contribution in [0.5, 0.6) is 0 Å². The Morgan fingerprint density at radius 1 is 1.00 bits per heavy atom. The van der Waals surface area contributed by atoms with Crippen molar-refractivity contribution in [1.29, 1.82) is 0 Å². The molecule has 0 aliphatic rings. The van der Waals surface area contributed by atoms with Gasteiger partial charge in [0.2, 0.25) is 0 Å². The van der Waals surface area contributed by atoms with Gasteiger partial charge < -0.3 is 30.6 Å². The molecule has 0 spiro atoms. The van der Waals surface area contributed by atoms with Crippen LogP contribution in [-0.2, 0) is 50.0 Å². The van der Waals surface area contributed by atoms with Gasteiger partial charge in [0.25, 0.3) is 0 Å². The summed E-state index contributed by atoms with van der Waals surface area (Å²) in [5.74, 6) is 0. The molecule has 4 heavy (non-hydrogen) atoms. The first-order chi connectivity index (χ1) is 0. The second-order valence-corrected chi connectivity index (χ2v) is 0. The second kappa shape index (κ2) is 19.9. The summed E-state index contributed by atoms with van der Waals surface area (Å²) in [4.78, 5) is 0. The van der Waals surface area contributed by atoms with Crippen molar-refractivity contribution in [2.75, 3.05) is 0 Å². The summed E-state index contributed by atoms with van der Waals surface area (Å²) < 4.78 is 0. The fourth-order valence-corrected chi connectivity index (χ4v) is 0. The molecule has 0 saturated carbocycles. The molecule has 0 aromatic heterocycles. The predicted octanol–water partition coefficient (Wildman–Crippen LogP) is -0.388. The fraction of sp³-hybridized carbons (Fsp3) is 0. The molecule has 0 amide bonds. The Balaban J connectivity index is 0. The molecular formula is MnSSeZn. The Hall–Kier alpha value is 2.01. The molecule has 0 heterocycles. The van der Waals surface area contributed by atoms with Crippen LogP contribution >= 0.6 is 0 Å². The molecule has 0 aliphatic carbocycles. The van der Waals surface area contributed by atoms with Crippen LogP contribution in [0, 0.1) is 0 Å². The number of hydrogen-bond acceptors (Lipinski definition) is 0. The van der Waals surface area contributed by atoms with Crippen LogP contribution in [-0.4, -0.2) is 17.1 Å². The zero-order valence-corrected chi connectivity index (χ0v) is 8.58. The van der Waals surface area contributed by atoms with Crippen molar-refractivity contribution in [2.45, 2.75) is 0 Å². The summed E-state index contributed by atoms with van der Waals surface area (Å²) in [7, 11) is 0. The van der Waals surface area contributed by atoms with Crippen molar-refractivity contribution in [3.63, 3.8) is 0 Å². The van der Waals surface area contributed by atoms with Gasteiger partial charge in [-0.1, -0.05) is 0 Å². The quantitative estimate of drug-likeness (QED) is 0.498. The molecule has 0 bridgehead atoms. The Morgan fingerprint density at radius 2 is 1.00 bits per heavy atom. The van der Waals surface area contributed by atoms with Crippen molar-refractivity contribution in [3.05, 3.63) is 0 Å². The van der Waals surface area contributed by atoms with E-state index in [0.717, 1.165) is 0 Å². The van der Waals surface area contributed by atoms with Crippen LogP contribution in [0.3, 0.4) is 0 Å². The van der Waals surface area contributed by atoms with E-state index in [4.69, 9.17) is 0 Å². The van der Waals surface area contributed by atoms with Crippen molar-refractivity contribution in [2.24, 2.45) is 0 Å². The third kappa shape index (κ3) is 8.99. The van der Waals surface area contributed by atoms with E-state index in [9.17, 15) is 0 Å². The van der Waals surface area contributed by atoms with Gasteiger partial charge in [0.15, 0.2) is 0 Å². The Kier molecular flexibility index (Phi) is 186. The largest absolute Gasteiger partial charge is 2.00 e. The second-order valence-electron chi connectivity index (χ2n) is 0. The molecule has 1 radical (unpaired) electrons. The maximum atomic E-state index is 0. The molecule has 0 aliphatic heterocycles. The van der Waals surface area contributed by atoms with Gasteiger partial charge in [-0.25, -0.2) is 0 Å². The SMILES string of the molecule is [Mn+2].[S-2].[Se-2].[Zn+2]. The van der Waals surface area contributed by atoms with E-state index in [1.165, 1.54) is 0 Å². The molecule has 0 fully saturated rings. The summed E-state index contributed by atoms with van der Waals surface area (Å²) >= 11 is 0. The molecule has 0 N–H and O–H groups in total. The van der Waals surface area contributed by atoms with Gasteiger partial charge >= 0.3 is 36.5 Å². The summed E-state index contributed by atoms with van der Waals surface area (Å²) in [5.41, 5.74) is 0. The monoisotopic (exact) mass is 231 g/mol. The molecule has 0 saturated heterocycles. The maximum absolute atomic E-state index is 0. The standard InChI is InChI=1S/Mn.S.Se.Zn/q+2;2*-2;+2. The van der Waals surface area contributed by atoms with E-state index < -0.39 is 0 Å². The molecule has 0 atom stereocenters. The fourth-order valence-electron chi connectivity index (χ4n) is 0. The van der Waals surface area contributed by atoms with Gasteiger partial charge in [-0.2, -0.15) is 0 Å². The van der Waals surface area contributed by atoms with Gasteiger partial charge in [-0.3, -0.25) is 0 Å². The summed E-state index contributed by atoms with van der Waals surface area (Å²) in [6.45, 7) is 0. The molecule has 21 valence electrons. The molecular weight excluding hydrogens is 231 g/mol. The van der Waals surface area contributed by atoms with Crippen molar-refractivity contribution in [1.82, 2.24) is 0 Å². The zero-order valence-electron chi connectivity index (χ0n) is 1.90. The molecule has 0 aromatic rings. The smallest absolute Gasteiger partial charge is 2.00 e. The average molecular weight is 231 g/mol. The van der Waals surface area contributed by atoms with Crippen LogP contribution in [0.1, 0.15) is 0 Å². The summed E-state index contributed by atoms with van der Waals surface area (Å²) in [6.07, 6.45) is 0. The normalized spacial score (nSPS) is 0. The van der Waals surface area contributed by atoms with E-state index in [-0.39, 0.29) is 67.1 Å². The Labute approximate surface area is 66.6 Å². The van der Waals surface area contributed by atoms with Crippen LogP contribution in [0.4, 0.5) is 0 Å². The number of rotatable bonds is 0. The van der Waals surface area contributed by atoms with Crippen LogP contribution in [0.2, 0.25) is 0 Å². The van der Waals surface area contributed by atoms with Gasteiger partial charge in [0.05, 0.1) is 0 Å². The van der Waals surface area contributed by atoms with E-state index >= 15 is 0 Å². The minimum absolute atomic E-state index is 0. The van der Waals surface area contributed by atoms with Crippen LogP contribution < -0.4 is 0 Å².